The molecule has 0 atom stereocenters. The first-order valence-electron chi connectivity index (χ1n) is 9.21. The highest BCUT2D eigenvalue weighted by molar-refractivity contribution is 7.85. The van der Waals surface area contributed by atoms with Crippen LogP contribution in [0.15, 0.2) is 58.1 Å². The molecule has 1 heterocycles. The molecule has 0 aliphatic carbocycles. The van der Waals surface area contributed by atoms with E-state index >= 15 is 0 Å². The summed E-state index contributed by atoms with van der Waals surface area (Å²) in [5, 5.41) is 0. The van der Waals surface area contributed by atoms with E-state index in [9.17, 15) is 12.8 Å². The van der Waals surface area contributed by atoms with Crippen LogP contribution in [-0.2, 0) is 16.5 Å². The Balaban J connectivity index is 0.000000234. The summed E-state index contributed by atoms with van der Waals surface area (Å²) in [5.74, 6) is 0.738. The topological polar surface area (TPSA) is 106 Å². The lowest BCUT2D eigenvalue weighted by Crippen LogP contribution is -2.01. The highest BCUT2D eigenvalue weighted by Crippen LogP contribution is 2.22. The minimum absolute atomic E-state index is 0.0666. The quantitative estimate of drug-likeness (QED) is 0.561. The monoisotopic (exact) mass is 420 g/mol. The van der Waals surface area contributed by atoms with Crippen LogP contribution in [0.5, 0.6) is 0 Å². The Labute approximate surface area is 170 Å². The summed E-state index contributed by atoms with van der Waals surface area (Å²) >= 11 is 0. The first kappa shape index (κ1) is 22.7. The highest BCUT2D eigenvalue weighted by Gasteiger charge is 2.08. The van der Waals surface area contributed by atoms with Gasteiger partial charge in [0.2, 0.25) is 0 Å². The Kier molecular flexibility index (Phi) is 8.07. The number of rotatable bonds is 6. The Bertz CT molecular complexity index is 1070. The van der Waals surface area contributed by atoms with Gasteiger partial charge in [-0.3, -0.25) is 4.55 Å². The van der Waals surface area contributed by atoms with Crippen LogP contribution in [-0.4, -0.2) is 24.5 Å². The number of benzene rings is 2. The third kappa shape index (κ3) is 6.49. The van der Waals surface area contributed by atoms with Gasteiger partial charge in [-0.05, 0) is 43.2 Å². The molecule has 29 heavy (non-hydrogen) atoms. The summed E-state index contributed by atoms with van der Waals surface area (Å²) in [4.78, 5) is 4.32. The molecule has 0 saturated carbocycles. The number of halogens is 1. The van der Waals surface area contributed by atoms with Gasteiger partial charge in [-0.15, -0.1) is 0 Å². The van der Waals surface area contributed by atoms with Crippen molar-refractivity contribution >= 4 is 26.8 Å². The fraction of sp³-hybridized carbons (Fsp3) is 0.286. The minimum atomic E-state index is -4.02. The number of hydrogen-bond acceptors (Lipinski definition) is 5. The van der Waals surface area contributed by atoms with E-state index in [0.29, 0.717) is 17.5 Å². The number of aryl methyl sites for hydroxylation is 2. The van der Waals surface area contributed by atoms with Crippen LogP contribution in [0.1, 0.15) is 36.8 Å². The van der Waals surface area contributed by atoms with E-state index in [0.717, 1.165) is 41.8 Å². The summed E-state index contributed by atoms with van der Waals surface area (Å²) in [7, 11) is -4.02. The van der Waals surface area contributed by atoms with Gasteiger partial charge < -0.3 is 10.2 Å². The molecule has 1 aromatic heterocycles. The standard InChI is InChI=1S/C14H17FN2O.C7H8O3S/c1-2-3-4-14-17-12-6-5-10(7-13(12)18-14)11(8-15)9-16;1-6-2-4-7(5-3-6)11(8,9)10/h5-8H,2-4,9,16H2,1H3;2-5H,1H3,(H,8,9,10). The molecule has 0 amide bonds. The van der Waals surface area contributed by atoms with Crippen LogP contribution < -0.4 is 5.73 Å². The van der Waals surface area contributed by atoms with Gasteiger partial charge in [-0.25, -0.2) is 9.37 Å². The summed E-state index contributed by atoms with van der Waals surface area (Å²) in [5.41, 5.74) is 9.13. The van der Waals surface area contributed by atoms with Crippen molar-refractivity contribution in [2.24, 2.45) is 5.73 Å². The van der Waals surface area contributed by atoms with E-state index in [1.165, 1.54) is 12.1 Å². The van der Waals surface area contributed by atoms with Crippen LogP contribution >= 0.6 is 0 Å². The van der Waals surface area contributed by atoms with Crippen LogP contribution in [0, 0.1) is 6.92 Å². The molecule has 0 aliphatic rings. The molecule has 0 saturated heterocycles. The number of oxazole rings is 1. The molecule has 3 aromatic rings. The van der Waals surface area contributed by atoms with E-state index in [4.69, 9.17) is 14.7 Å². The predicted octanol–water partition coefficient (Wildman–Crippen LogP) is 4.68. The van der Waals surface area contributed by atoms with Crippen molar-refractivity contribution in [2.45, 2.75) is 38.0 Å². The number of aromatic nitrogens is 1. The van der Waals surface area contributed by atoms with Crippen molar-refractivity contribution < 1.29 is 21.8 Å². The fourth-order valence-corrected chi connectivity index (χ4v) is 3.02. The molecule has 0 spiro atoms. The smallest absolute Gasteiger partial charge is 0.294 e. The molecule has 0 fully saturated rings. The molecule has 0 unspecified atom stereocenters. The van der Waals surface area contributed by atoms with Gasteiger partial charge in [0.25, 0.3) is 10.1 Å². The predicted molar refractivity (Wildman–Crippen MR) is 112 cm³/mol. The first-order chi connectivity index (χ1) is 13.8. The number of hydrogen-bond donors (Lipinski definition) is 2. The molecule has 8 heteroatoms. The van der Waals surface area contributed by atoms with Crippen molar-refractivity contribution in [1.82, 2.24) is 4.98 Å². The minimum Gasteiger partial charge on any atom is -0.441 e. The maximum absolute atomic E-state index is 12.6. The molecule has 0 bridgehead atoms. The fourth-order valence-electron chi connectivity index (χ4n) is 2.54. The molecular formula is C21H25FN2O4S. The van der Waals surface area contributed by atoms with Crippen molar-refractivity contribution in [1.29, 1.82) is 0 Å². The van der Waals surface area contributed by atoms with Crippen molar-refractivity contribution in [3.05, 3.63) is 65.8 Å². The van der Waals surface area contributed by atoms with Crippen LogP contribution in [0.4, 0.5) is 4.39 Å². The van der Waals surface area contributed by atoms with E-state index in [-0.39, 0.29) is 11.4 Å². The molecule has 0 radical (unpaired) electrons. The van der Waals surface area contributed by atoms with E-state index in [1.54, 1.807) is 18.2 Å². The normalized spacial score (nSPS) is 12.0. The van der Waals surface area contributed by atoms with Gasteiger partial charge in [0.05, 0.1) is 11.2 Å². The lowest BCUT2D eigenvalue weighted by Gasteiger charge is -2.01. The first-order valence-corrected chi connectivity index (χ1v) is 10.7. The molecule has 156 valence electrons. The van der Waals surface area contributed by atoms with E-state index in [2.05, 4.69) is 11.9 Å². The molecule has 3 rings (SSSR count). The van der Waals surface area contributed by atoms with Crippen LogP contribution in [0.25, 0.3) is 16.7 Å². The Morgan fingerprint density at radius 1 is 1.24 bits per heavy atom. The summed E-state index contributed by atoms with van der Waals surface area (Å²) in [6, 6.07) is 11.4. The summed E-state index contributed by atoms with van der Waals surface area (Å²) in [6.07, 6.45) is 3.53. The van der Waals surface area contributed by atoms with Crippen molar-refractivity contribution in [3.63, 3.8) is 0 Å². The zero-order chi connectivity index (χ0) is 21.4. The summed E-state index contributed by atoms with van der Waals surface area (Å²) in [6.45, 7) is 4.13. The van der Waals surface area contributed by atoms with Gasteiger partial charge in [0, 0.05) is 18.5 Å². The zero-order valence-electron chi connectivity index (χ0n) is 16.4. The van der Waals surface area contributed by atoms with Gasteiger partial charge in [-0.1, -0.05) is 37.1 Å². The van der Waals surface area contributed by atoms with Gasteiger partial charge in [0.15, 0.2) is 11.5 Å². The third-order valence-electron chi connectivity index (χ3n) is 4.22. The second-order valence-corrected chi connectivity index (χ2v) is 7.94. The maximum Gasteiger partial charge on any atom is 0.294 e. The van der Waals surface area contributed by atoms with Crippen LogP contribution in [0.3, 0.4) is 0 Å². The second kappa shape index (κ2) is 10.3. The Morgan fingerprint density at radius 2 is 1.93 bits per heavy atom. The number of unbranched alkanes of at least 4 members (excludes halogenated alkanes) is 1. The molecule has 3 N–H and O–H groups in total. The molecule has 0 aliphatic heterocycles. The van der Waals surface area contributed by atoms with Crippen molar-refractivity contribution in [2.75, 3.05) is 6.54 Å². The largest absolute Gasteiger partial charge is 0.441 e. The Morgan fingerprint density at radius 3 is 2.48 bits per heavy atom. The van der Waals surface area contributed by atoms with Crippen LogP contribution in [0.2, 0.25) is 0 Å². The van der Waals surface area contributed by atoms with E-state index < -0.39 is 10.1 Å². The maximum atomic E-state index is 12.6. The number of nitrogens with zero attached hydrogens (tertiary/aromatic N) is 1. The zero-order valence-corrected chi connectivity index (χ0v) is 17.2. The van der Waals surface area contributed by atoms with Gasteiger partial charge in [0.1, 0.15) is 5.52 Å². The summed E-state index contributed by atoms with van der Waals surface area (Å²) < 4.78 is 47.8. The SMILES string of the molecule is CCCCc1nc2ccc(C(=CF)CN)cc2o1.Cc1ccc(S(=O)(=O)O)cc1. The molecule has 2 aromatic carbocycles. The molecular weight excluding hydrogens is 395 g/mol. The van der Waals surface area contributed by atoms with E-state index in [1.807, 2.05) is 19.1 Å². The third-order valence-corrected chi connectivity index (χ3v) is 5.09. The van der Waals surface area contributed by atoms with Gasteiger partial charge in [-0.2, -0.15) is 8.42 Å². The second-order valence-electron chi connectivity index (χ2n) is 6.52. The Hall–Kier alpha value is -2.55. The lowest BCUT2D eigenvalue weighted by molar-refractivity contribution is 0.483. The number of nitrogens with two attached hydrogens (primary N) is 1. The lowest BCUT2D eigenvalue weighted by atomic mass is 10.1. The highest BCUT2D eigenvalue weighted by atomic mass is 32.2. The number of fused-ring (bicyclic) bond motifs is 1. The average Bonchev–Trinajstić information content (AvgIpc) is 3.10. The average molecular weight is 421 g/mol. The molecule has 6 nitrogen and oxygen atoms in total. The van der Waals surface area contributed by atoms with Crippen molar-refractivity contribution in [3.8, 4) is 0 Å². The van der Waals surface area contributed by atoms with Gasteiger partial charge >= 0.3 is 0 Å².